The van der Waals surface area contributed by atoms with Crippen molar-refractivity contribution in [1.29, 1.82) is 0 Å². The van der Waals surface area contributed by atoms with Crippen LogP contribution in [-0.2, 0) is 6.42 Å². The van der Waals surface area contributed by atoms with Crippen molar-refractivity contribution in [2.75, 3.05) is 7.11 Å². The summed E-state index contributed by atoms with van der Waals surface area (Å²) in [6.07, 6.45) is 5.86. The van der Waals surface area contributed by atoms with Crippen LogP contribution in [0.25, 0.3) is 0 Å². The highest BCUT2D eigenvalue weighted by molar-refractivity contribution is 5.39. The molecule has 0 aliphatic carbocycles. The van der Waals surface area contributed by atoms with E-state index in [9.17, 15) is 5.11 Å². The Labute approximate surface area is 91.9 Å². The summed E-state index contributed by atoms with van der Waals surface area (Å²) < 4.78 is 5.03. The Bertz CT molecular complexity index is 295. The van der Waals surface area contributed by atoms with Crippen molar-refractivity contribution in [2.45, 2.75) is 39.0 Å². The predicted octanol–water partition coefficient (Wildman–Crippen LogP) is 3.52. The van der Waals surface area contributed by atoms with Crippen LogP contribution in [0.5, 0.6) is 11.5 Å². The first-order valence-corrected chi connectivity index (χ1v) is 5.63. The van der Waals surface area contributed by atoms with Crippen molar-refractivity contribution < 1.29 is 9.84 Å². The monoisotopic (exact) mass is 208 g/mol. The molecule has 0 saturated carbocycles. The molecule has 0 aliphatic heterocycles. The zero-order valence-electron chi connectivity index (χ0n) is 9.62. The van der Waals surface area contributed by atoms with Crippen molar-refractivity contribution in [3.05, 3.63) is 23.8 Å². The van der Waals surface area contributed by atoms with Crippen LogP contribution in [0.2, 0.25) is 0 Å². The number of hydrogen-bond donors (Lipinski definition) is 1. The molecule has 1 rings (SSSR count). The normalized spacial score (nSPS) is 10.3. The van der Waals surface area contributed by atoms with Gasteiger partial charge in [0.15, 0.2) is 0 Å². The Kier molecular flexibility index (Phi) is 5.02. The molecule has 0 spiro atoms. The minimum atomic E-state index is 0.353. The van der Waals surface area contributed by atoms with Crippen LogP contribution in [0.4, 0.5) is 0 Å². The maximum atomic E-state index is 9.70. The lowest BCUT2D eigenvalue weighted by Crippen LogP contribution is -1.89. The van der Waals surface area contributed by atoms with Crippen molar-refractivity contribution in [2.24, 2.45) is 0 Å². The van der Waals surface area contributed by atoms with Crippen molar-refractivity contribution in [3.8, 4) is 11.5 Å². The van der Waals surface area contributed by atoms with Crippen LogP contribution in [0.3, 0.4) is 0 Å². The van der Waals surface area contributed by atoms with Gasteiger partial charge in [0.05, 0.1) is 7.11 Å². The lowest BCUT2D eigenvalue weighted by molar-refractivity contribution is 0.406. The van der Waals surface area contributed by atoms with Gasteiger partial charge in [0, 0.05) is 6.07 Å². The van der Waals surface area contributed by atoms with Gasteiger partial charge in [0.25, 0.3) is 0 Å². The summed E-state index contributed by atoms with van der Waals surface area (Å²) in [5, 5.41) is 9.70. The van der Waals surface area contributed by atoms with Crippen LogP contribution in [0, 0.1) is 0 Å². The number of aryl methyl sites for hydroxylation is 1. The van der Waals surface area contributed by atoms with Gasteiger partial charge in [-0.1, -0.05) is 32.3 Å². The largest absolute Gasteiger partial charge is 0.508 e. The van der Waals surface area contributed by atoms with Crippen LogP contribution < -0.4 is 4.74 Å². The van der Waals surface area contributed by atoms with E-state index in [0.29, 0.717) is 11.5 Å². The number of benzene rings is 1. The Hall–Kier alpha value is -1.18. The molecule has 0 amide bonds. The average molecular weight is 208 g/mol. The fourth-order valence-electron chi connectivity index (χ4n) is 1.62. The molecule has 0 unspecified atom stereocenters. The predicted molar refractivity (Wildman–Crippen MR) is 62.5 cm³/mol. The van der Waals surface area contributed by atoms with Gasteiger partial charge in [-0.05, 0) is 24.5 Å². The van der Waals surface area contributed by atoms with Gasteiger partial charge < -0.3 is 9.84 Å². The van der Waals surface area contributed by atoms with E-state index < -0.39 is 0 Å². The third kappa shape index (κ3) is 3.82. The van der Waals surface area contributed by atoms with Crippen LogP contribution >= 0.6 is 0 Å². The smallest absolute Gasteiger partial charge is 0.122 e. The molecule has 0 atom stereocenters. The van der Waals surface area contributed by atoms with Gasteiger partial charge in [0.1, 0.15) is 11.5 Å². The van der Waals surface area contributed by atoms with Crippen molar-refractivity contribution in [3.63, 3.8) is 0 Å². The van der Waals surface area contributed by atoms with E-state index in [1.165, 1.54) is 19.3 Å². The van der Waals surface area contributed by atoms with E-state index in [-0.39, 0.29) is 0 Å². The van der Waals surface area contributed by atoms with E-state index in [2.05, 4.69) is 6.92 Å². The Morgan fingerprint density at radius 3 is 2.60 bits per heavy atom. The molecule has 0 saturated heterocycles. The molecule has 0 aliphatic rings. The number of methoxy groups -OCH3 is 1. The SMILES string of the molecule is CCCCCCc1ccc(OC)cc1O. The third-order valence-corrected chi connectivity index (χ3v) is 2.59. The zero-order valence-corrected chi connectivity index (χ0v) is 9.62. The van der Waals surface area contributed by atoms with Gasteiger partial charge in [-0.25, -0.2) is 0 Å². The molecule has 1 N–H and O–H groups in total. The molecular weight excluding hydrogens is 188 g/mol. The number of phenolic OH excluding ortho intramolecular Hbond substituents is 1. The molecule has 0 aromatic heterocycles. The van der Waals surface area contributed by atoms with Gasteiger partial charge in [-0.2, -0.15) is 0 Å². The minimum absolute atomic E-state index is 0.353. The van der Waals surface area contributed by atoms with Gasteiger partial charge in [0.2, 0.25) is 0 Å². The summed E-state index contributed by atoms with van der Waals surface area (Å²) in [7, 11) is 1.61. The second-order valence-corrected chi connectivity index (χ2v) is 3.81. The lowest BCUT2D eigenvalue weighted by atomic mass is 10.1. The number of aromatic hydroxyl groups is 1. The van der Waals surface area contributed by atoms with Gasteiger partial charge >= 0.3 is 0 Å². The maximum absolute atomic E-state index is 9.70. The molecule has 2 heteroatoms. The molecule has 0 fully saturated rings. The average Bonchev–Trinajstić information content (AvgIpc) is 2.26. The first-order valence-electron chi connectivity index (χ1n) is 5.63. The summed E-state index contributed by atoms with van der Waals surface area (Å²) in [5.74, 6) is 1.07. The molecule has 84 valence electrons. The maximum Gasteiger partial charge on any atom is 0.122 e. The topological polar surface area (TPSA) is 29.5 Å². The summed E-state index contributed by atoms with van der Waals surface area (Å²) in [4.78, 5) is 0. The second kappa shape index (κ2) is 6.33. The van der Waals surface area contributed by atoms with E-state index in [1.807, 2.05) is 12.1 Å². The van der Waals surface area contributed by atoms with E-state index in [4.69, 9.17) is 4.74 Å². The Balaban J connectivity index is 2.47. The number of unbranched alkanes of at least 4 members (excludes halogenated alkanes) is 3. The summed E-state index contributed by atoms with van der Waals surface area (Å²) >= 11 is 0. The lowest BCUT2D eigenvalue weighted by Gasteiger charge is -2.06. The quantitative estimate of drug-likeness (QED) is 0.725. The standard InChI is InChI=1S/C13H20O2/c1-3-4-5-6-7-11-8-9-12(15-2)10-13(11)14/h8-10,14H,3-7H2,1-2H3. The number of hydrogen-bond acceptors (Lipinski definition) is 2. The molecule has 0 bridgehead atoms. The fraction of sp³-hybridized carbons (Fsp3) is 0.538. The molecule has 1 aromatic rings. The van der Waals surface area contributed by atoms with Crippen LogP contribution in [0.15, 0.2) is 18.2 Å². The molecule has 1 aromatic carbocycles. The Morgan fingerprint density at radius 1 is 1.20 bits per heavy atom. The first kappa shape index (κ1) is 11.9. The molecule has 0 radical (unpaired) electrons. The molecule has 15 heavy (non-hydrogen) atoms. The number of phenols is 1. The number of rotatable bonds is 6. The van der Waals surface area contributed by atoms with E-state index >= 15 is 0 Å². The summed E-state index contributed by atoms with van der Waals surface area (Å²) in [6.45, 7) is 2.20. The highest BCUT2D eigenvalue weighted by Crippen LogP contribution is 2.24. The fourth-order valence-corrected chi connectivity index (χ4v) is 1.62. The highest BCUT2D eigenvalue weighted by atomic mass is 16.5. The zero-order chi connectivity index (χ0) is 11.1. The third-order valence-electron chi connectivity index (χ3n) is 2.59. The van der Waals surface area contributed by atoms with E-state index in [1.54, 1.807) is 13.2 Å². The molecular formula is C13H20O2. The van der Waals surface area contributed by atoms with Crippen LogP contribution in [0.1, 0.15) is 38.2 Å². The highest BCUT2D eigenvalue weighted by Gasteiger charge is 2.02. The van der Waals surface area contributed by atoms with Crippen molar-refractivity contribution >= 4 is 0 Å². The van der Waals surface area contributed by atoms with Crippen LogP contribution in [-0.4, -0.2) is 12.2 Å². The minimum Gasteiger partial charge on any atom is -0.508 e. The molecule has 2 nitrogen and oxygen atoms in total. The first-order chi connectivity index (χ1) is 7.27. The van der Waals surface area contributed by atoms with Gasteiger partial charge in [-0.15, -0.1) is 0 Å². The molecule has 0 heterocycles. The second-order valence-electron chi connectivity index (χ2n) is 3.81. The summed E-state index contributed by atoms with van der Waals surface area (Å²) in [5.41, 5.74) is 1.02. The van der Waals surface area contributed by atoms with Crippen molar-refractivity contribution in [1.82, 2.24) is 0 Å². The van der Waals surface area contributed by atoms with E-state index in [0.717, 1.165) is 18.4 Å². The summed E-state index contributed by atoms with van der Waals surface area (Å²) in [6, 6.07) is 5.52. The van der Waals surface area contributed by atoms with Gasteiger partial charge in [-0.3, -0.25) is 0 Å². The number of ether oxygens (including phenoxy) is 1. The Morgan fingerprint density at radius 2 is 2.00 bits per heavy atom.